The SMILES string of the molecule is Cc1nn2ccccc2c1-c1nc(-c2c(F)cccc2F)c(C(N)=O)s1. The highest BCUT2D eigenvalue weighted by Crippen LogP contribution is 2.38. The minimum absolute atomic E-state index is 0.00122. The van der Waals surface area contributed by atoms with Crippen LogP contribution >= 0.6 is 11.3 Å². The summed E-state index contributed by atoms with van der Waals surface area (Å²) in [4.78, 5) is 16.2. The molecule has 2 N–H and O–H groups in total. The fraction of sp³-hybridized carbons (Fsp3) is 0.0556. The summed E-state index contributed by atoms with van der Waals surface area (Å²) < 4.78 is 30.1. The van der Waals surface area contributed by atoms with Gasteiger partial charge in [0.15, 0.2) is 0 Å². The Morgan fingerprint density at radius 3 is 2.54 bits per heavy atom. The number of rotatable bonds is 3. The molecule has 4 aromatic rings. The number of nitrogens with two attached hydrogens (primary N) is 1. The number of fused-ring (bicyclic) bond motifs is 1. The van der Waals surface area contributed by atoms with Crippen molar-refractivity contribution in [1.82, 2.24) is 14.6 Å². The summed E-state index contributed by atoms with van der Waals surface area (Å²) in [6, 6.07) is 9.01. The van der Waals surface area contributed by atoms with Crippen LogP contribution in [-0.2, 0) is 0 Å². The second-order valence-electron chi connectivity index (χ2n) is 5.65. The highest BCUT2D eigenvalue weighted by molar-refractivity contribution is 7.17. The highest BCUT2D eigenvalue weighted by atomic mass is 32.1. The van der Waals surface area contributed by atoms with Crippen LogP contribution in [0.25, 0.3) is 27.3 Å². The van der Waals surface area contributed by atoms with Crippen LogP contribution in [-0.4, -0.2) is 20.5 Å². The number of aromatic nitrogens is 3. The van der Waals surface area contributed by atoms with Gasteiger partial charge in [-0.15, -0.1) is 11.3 Å². The second kappa shape index (κ2) is 5.99. The zero-order valence-electron chi connectivity index (χ0n) is 13.5. The molecule has 0 spiro atoms. The van der Waals surface area contributed by atoms with E-state index in [2.05, 4.69) is 10.1 Å². The molecule has 1 amide bonds. The lowest BCUT2D eigenvalue weighted by Crippen LogP contribution is -2.10. The van der Waals surface area contributed by atoms with E-state index >= 15 is 0 Å². The lowest BCUT2D eigenvalue weighted by Gasteiger charge is -2.03. The van der Waals surface area contributed by atoms with Crippen molar-refractivity contribution in [3.8, 4) is 21.8 Å². The molecule has 3 aromatic heterocycles. The summed E-state index contributed by atoms with van der Waals surface area (Å²) in [5.41, 5.74) is 7.13. The normalized spacial score (nSPS) is 11.2. The predicted octanol–water partition coefficient (Wildman–Crippen LogP) is 3.81. The van der Waals surface area contributed by atoms with Gasteiger partial charge in [-0.3, -0.25) is 4.79 Å². The zero-order valence-corrected chi connectivity index (χ0v) is 14.3. The van der Waals surface area contributed by atoms with Crippen molar-refractivity contribution >= 4 is 22.8 Å². The van der Waals surface area contributed by atoms with Crippen molar-refractivity contribution in [2.45, 2.75) is 6.92 Å². The number of thiazole rings is 1. The molecule has 5 nitrogen and oxygen atoms in total. The molecule has 0 aliphatic carbocycles. The average Bonchev–Trinajstić information content (AvgIpc) is 3.15. The van der Waals surface area contributed by atoms with Gasteiger partial charge in [-0.05, 0) is 31.2 Å². The smallest absolute Gasteiger partial charge is 0.261 e. The summed E-state index contributed by atoms with van der Waals surface area (Å²) in [6.07, 6.45) is 1.78. The molecule has 130 valence electrons. The van der Waals surface area contributed by atoms with Gasteiger partial charge in [-0.1, -0.05) is 12.1 Å². The van der Waals surface area contributed by atoms with E-state index in [4.69, 9.17) is 5.73 Å². The number of hydrogen-bond donors (Lipinski definition) is 1. The summed E-state index contributed by atoms with van der Waals surface area (Å²) in [7, 11) is 0. The Morgan fingerprint density at radius 1 is 1.12 bits per heavy atom. The van der Waals surface area contributed by atoms with Gasteiger partial charge in [-0.25, -0.2) is 18.3 Å². The first-order chi connectivity index (χ1) is 12.5. The van der Waals surface area contributed by atoms with Gasteiger partial charge in [0.1, 0.15) is 27.2 Å². The number of carbonyl (C=O) groups excluding carboxylic acids is 1. The first kappa shape index (κ1) is 16.3. The van der Waals surface area contributed by atoms with Crippen LogP contribution in [0, 0.1) is 18.6 Å². The third-order valence-electron chi connectivity index (χ3n) is 3.98. The highest BCUT2D eigenvalue weighted by Gasteiger charge is 2.25. The molecule has 4 rings (SSSR count). The van der Waals surface area contributed by atoms with Crippen LogP contribution in [0.15, 0.2) is 42.6 Å². The molecule has 26 heavy (non-hydrogen) atoms. The lowest BCUT2D eigenvalue weighted by atomic mass is 10.1. The molecule has 0 saturated heterocycles. The van der Waals surface area contributed by atoms with Gasteiger partial charge < -0.3 is 5.73 Å². The number of amides is 1. The topological polar surface area (TPSA) is 73.3 Å². The Kier molecular flexibility index (Phi) is 3.77. The number of aryl methyl sites for hydroxylation is 1. The molecule has 0 aliphatic heterocycles. The maximum atomic E-state index is 14.2. The quantitative estimate of drug-likeness (QED) is 0.596. The summed E-state index contributed by atoms with van der Waals surface area (Å²) in [6.45, 7) is 1.80. The number of primary amides is 1. The maximum Gasteiger partial charge on any atom is 0.261 e. The van der Waals surface area contributed by atoms with Crippen LogP contribution in [0.2, 0.25) is 0 Å². The van der Waals surface area contributed by atoms with Crippen molar-refractivity contribution < 1.29 is 13.6 Å². The Balaban J connectivity index is 2.01. The number of nitrogens with zero attached hydrogens (tertiary/aromatic N) is 3. The molecule has 3 heterocycles. The molecule has 0 unspecified atom stereocenters. The fourth-order valence-corrected chi connectivity index (χ4v) is 3.90. The van der Waals surface area contributed by atoms with Gasteiger partial charge >= 0.3 is 0 Å². The molecule has 0 bridgehead atoms. The van der Waals surface area contributed by atoms with Crippen LogP contribution in [0.1, 0.15) is 15.4 Å². The molecule has 1 aromatic carbocycles. The van der Waals surface area contributed by atoms with E-state index in [1.165, 1.54) is 6.07 Å². The Hall–Kier alpha value is -3.13. The molecule has 0 aliphatic rings. The maximum absolute atomic E-state index is 14.2. The van der Waals surface area contributed by atoms with E-state index in [-0.39, 0.29) is 16.1 Å². The summed E-state index contributed by atoms with van der Waals surface area (Å²) in [5, 5.41) is 4.83. The van der Waals surface area contributed by atoms with E-state index in [0.29, 0.717) is 16.3 Å². The third-order valence-corrected chi connectivity index (χ3v) is 5.07. The van der Waals surface area contributed by atoms with Crippen LogP contribution < -0.4 is 5.73 Å². The third kappa shape index (κ3) is 2.46. The first-order valence-corrected chi connectivity index (χ1v) is 8.48. The fourth-order valence-electron chi connectivity index (χ4n) is 2.87. The molecular formula is C18H12F2N4OS. The molecule has 8 heteroatoms. The molecule has 0 saturated carbocycles. The Labute approximate surface area is 150 Å². The zero-order chi connectivity index (χ0) is 18.4. The van der Waals surface area contributed by atoms with E-state index in [1.807, 2.05) is 18.2 Å². The van der Waals surface area contributed by atoms with E-state index in [1.54, 1.807) is 17.6 Å². The van der Waals surface area contributed by atoms with Crippen molar-refractivity contribution in [3.63, 3.8) is 0 Å². The van der Waals surface area contributed by atoms with Crippen LogP contribution in [0.3, 0.4) is 0 Å². The monoisotopic (exact) mass is 370 g/mol. The minimum atomic E-state index is -0.805. The van der Waals surface area contributed by atoms with Gasteiger partial charge in [0.05, 0.1) is 22.3 Å². The summed E-state index contributed by atoms with van der Waals surface area (Å²) >= 11 is 0.994. The Bertz CT molecular complexity index is 1150. The van der Waals surface area contributed by atoms with Gasteiger partial charge in [0.2, 0.25) is 0 Å². The molecule has 0 radical (unpaired) electrons. The largest absolute Gasteiger partial charge is 0.365 e. The van der Waals surface area contributed by atoms with Crippen LogP contribution in [0.5, 0.6) is 0 Å². The summed E-state index contributed by atoms with van der Waals surface area (Å²) in [5.74, 6) is -2.40. The predicted molar refractivity (Wildman–Crippen MR) is 94.9 cm³/mol. The number of hydrogen-bond acceptors (Lipinski definition) is 4. The Morgan fingerprint density at radius 2 is 1.85 bits per heavy atom. The van der Waals surface area contributed by atoms with E-state index in [9.17, 15) is 13.6 Å². The van der Waals surface area contributed by atoms with Gasteiger partial charge in [0, 0.05) is 6.20 Å². The molecule has 0 atom stereocenters. The number of benzene rings is 1. The van der Waals surface area contributed by atoms with Crippen LogP contribution in [0.4, 0.5) is 8.78 Å². The first-order valence-electron chi connectivity index (χ1n) is 7.66. The van der Waals surface area contributed by atoms with E-state index in [0.717, 1.165) is 29.0 Å². The van der Waals surface area contributed by atoms with Crippen molar-refractivity contribution in [2.24, 2.45) is 5.73 Å². The van der Waals surface area contributed by atoms with Crippen molar-refractivity contribution in [3.05, 3.63) is 64.8 Å². The van der Waals surface area contributed by atoms with Gasteiger partial charge in [-0.2, -0.15) is 5.10 Å². The molecular weight excluding hydrogens is 358 g/mol. The number of pyridine rings is 1. The molecule has 0 fully saturated rings. The number of carbonyl (C=O) groups is 1. The second-order valence-corrected chi connectivity index (χ2v) is 6.65. The van der Waals surface area contributed by atoms with E-state index < -0.39 is 17.5 Å². The van der Waals surface area contributed by atoms with Gasteiger partial charge in [0.25, 0.3) is 5.91 Å². The number of halogens is 2. The average molecular weight is 370 g/mol. The van der Waals surface area contributed by atoms with Crippen molar-refractivity contribution in [1.29, 1.82) is 0 Å². The standard InChI is InChI=1S/C18H12F2N4OS/c1-9-13(12-7-2-3-8-24(12)23-9)18-22-15(16(26-18)17(21)25)14-10(19)5-4-6-11(14)20/h2-8H,1H3,(H2,21,25). The minimum Gasteiger partial charge on any atom is -0.365 e. The van der Waals surface area contributed by atoms with Crippen molar-refractivity contribution in [2.75, 3.05) is 0 Å². The lowest BCUT2D eigenvalue weighted by molar-refractivity contribution is 0.100.